The molecule has 0 saturated heterocycles. The van der Waals surface area contributed by atoms with Gasteiger partial charge in [0.15, 0.2) is 0 Å². The molecule has 0 spiro atoms. The van der Waals surface area contributed by atoms with Crippen LogP contribution in [0.3, 0.4) is 0 Å². The summed E-state index contributed by atoms with van der Waals surface area (Å²) in [6.07, 6.45) is 0.695. The predicted octanol–water partition coefficient (Wildman–Crippen LogP) is 2.95. The number of hydrogen-bond acceptors (Lipinski definition) is 2. The van der Waals surface area contributed by atoms with Crippen molar-refractivity contribution in [3.05, 3.63) is 59.9 Å². The number of carbonyl (C=O) groups excluding carboxylic acids is 1. The molecule has 0 saturated carbocycles. The van der Waals surface area contributed by atoms with E-state index in [1.165, 1.54) is 12.1 Å². The third kappa shape index (κ3) is 3.13. The van der Waals surface area contributed by atoms with Gasteiger partial charge in [0.05, 0.1) is 11.7 Å². The molecule has 2 amide bonds. The molecule has 0 bridgehead atoms. The summed E-state index contributed by atoms with van der Waals surface area (Å²) in [6, 6.07) is 13.2. The molecule has 5 heteroatoms. The van der Waals surface area contributed by atoms with Gasteiger partial charge >= 0.3 is 6.03 Å². The molecule has 0 fully saturated rings. The predicted molar refractivity (Wildman–Crippen MR) is 78.0 cm³/mol. The fourth-order valence-corrected chi connectivity index (χ4v) is 2.33. The van der Waals surface area contributed by atoms with Crippen LogP contribution in [-0.2, 0) is 6.42 Å². The quantitative estimate of drug-likeness (QED) is 0.891. The number of urea groups is 1. The summed E-state index contributed by atoms with van der Waals surface area (Å²) in [5.74, 6) is 0.392. The van der Waals surface area contributed by atoms with Crippen LogP contribution in [0.1, 0.15) is 5.56 Å². The van der Waals surface area contributed by atoms with Crippen LogP contribution in [0.2, 0.25) is 0 Å². The van der Waals surface area contributed by atoms with Crippen LogP contribution >= 0.6 is 0 Å². The normalized spacial score (nSPS) is 16.5. The minimum absolute atomic E-state index is 0.133. The topological polar surface area (TPSA) is 50.4 Å². The van der Waals surface area contributed by atoms with Gasteiger partial charge < -0.3 is 15.4 Å². The average Bonchev–Trinajstić information content (AvgIpc) is 2.49. The van der Waals surface area contributed by atoms with E-state index in [0.29, 0.717) is 13.0 Å². The smallest absolute Gasteiger partial charge is 0.319 e. The zero-order valence-corrected chi connectivity index (χ0v) is 11.3. The summed E-state index contributed by atoms with van der Waals surface area (Å²) < 4.78 is 19.1. The Kier molecular flexibility index (Phi) is 3.73. The van der Waals surface area contributed by atoms with E-state index in [0.717, 1.165) is 11.3 Å². The van der Waals surface area contributed by atoms with Gasteiger partial charge in [-0.25, -0.2) is 9.18 Å². The molecule has 3 rings (SSSR count). The van der Waals surface area contributed by atoms with E-state index in [4.69, 9.17) is 4.74 Å². The van der Waals surface area contributed by atoms with E-state index >= 15 is 0 Å². The summed E-state index contributed by atoms with van der Waals surface area (Å²) in [7, 11) is 0. The Morgan fingerprint density at radius 1 is 1.14 bits per heavy atom. The van der Waals surface area contributed by atoms with E-state index in [9.17, 15) is 9.18 Å². The van der Waals surface area contributed by atoms with Crippen molar-refractivity contribution in [1.29, 1.82) is 0 Å². The van der Waals surface area contributed by atoms with Gasteiger partial charge in [0.25, 0.3) is 0 Å². The van der Waals surface area contributed by atoms with E-state index in [1.807, 2.05) is 24.3 Å². The fourth-order valence-electron chi connectivity index (χ4n) is 2.33. The van der Waals surface area contributed by atoms with Gasteiger partial charge in [0.2, 0.25) is 0 Å². The molecule has 1 aliphatic heterocycles. The highest BCUT2D eigenvalue weighted by atomic mass is 19.1. The molecule has 2 aromatic rings. The lowest BCUT2D eigenvalue weighted by Gasteiger charge is -2.26. The Hall–Kier alpha value is -2.56. The van der Waals surface area contributed by atoms with Crippen LogP contribution < -0.4 is 15.4 Å². The number of carbonyl (C=O) groups is 1. The van der Waals surface area contributed by atoms with Crippen molar-refractivity contribution in [3.8, 4) is 5.75 Å². The number of fused-ring (bicyclic) bond motifs is 1. The monoisotopic (exact) mass is 286 g/mol. The van der Waals surface area contributed by atoms with Crippen molar-refractivity contribution in [2.24, 2.45) is 0 Å². The molecule has 0 radical (unpaired) electrons. The number of para-hydroxylation sites is 2. The van der Waals surface area contributed by atoms with Crippen molar-refractivity contribution in [3.63, 3.8) is 0 Å². The first kappa shape index (κ1) is 13.4. The number of hydrogen-bond donors (Lipinski definition) is 2. The van der Waals surface area contributed by atoms with Crippen molar-refractivity contribution in [1.82, 2.24) is 5.32 Å². The largest absolute Gasteiger partial charge is 0.491 e. The minimum atomic E-state index is -0.460. The second-order valence-electron chi connectivity index (χ2n) is 4.90. The summed E-state index contributed by atoms with van der Waals surface area (Å²) in [6.45, 7) is 0.404. The van der Waals surface area contributed by atoms with E-state index < -0.39 is 11.8 Å². The maximum Gasteiger partial charge on any atom is 0.319 e. The first-order chi connectivity index (χ1) is 10.2. The Bertz CT molecular complexity index is 660. The summed E-state index contributed by atoms with van der Waals surface area (Å²) in [4.78, 5) is 11.9. The van der Waals surface area contributed by atoms with E-state index in [2.05, 4.69) is 10.6 Å². The number of amides is 2. The Morgan fingerprint density at radius 3 is 2.76 bits per heavy atom. The SMILES string of the molecule is O=C(Nc1ccccc1F)NC1COc2ccccc2C1. The second-order valence-corrected chi connectivity index (χ2v) is 4.90. The van der Waals surface area contributed by atoms with Crippen molar-refractivity contribution in [2.75, 3.05) is 11.9 Å². The Labute approximate surface area is 121 Å². The highest BCUT2D eigenvalue weighted by molar-refractivity contribution is 5.89. The van der Waals surface area contributed by atoms with Crippen LogP contribution in [0.4, 0.5) is 14.9 Å². The average molecular weight is 286 g/mol. The van der Waals surface area contributed by atoms with Gasteiger partial charge in [-0.3, -0.25) is 0 Å². The number of nitrogens with one attached hydrogen (secondary N) is 2. The number of rotatable bonds is 2. The summed E-state index contributed by atoms with van der Waals surface area (Å²) in [5, 5.41) is 5.29. The number of halogens is 1. The number of ether oxygens (including phenoxy) is 1. The molecule has 2 aromatic carbocycles. The van der Waals surface area contributed by atoms with Crippen LogP contribution in [0.15, 0.2) is 48.5 Å². The van der Waals surface area contributed by atoms with E-state index in [1.54, 1.807) is 12.1 Å². The van der Waals surface area contributed by atoms with Crippen molar-refractivity contribution in [2.45, 2.75) is 12.5 Å². The third-order valence-electron chi connectivity index (χ3n) is 3.34. The van der Waals surface area contributed by atoms with Crippen LogP contribution in [0.5, 0.6) is 5.75 Å². The molecular weight excluding hydrogens is 271 g/mol. The molecule has 2 N–H and O–H groups in total. The van der Waals surface area contributed by atoms with Crippen LogP contribution in [0.25, 0.3) is 0 Å². The molecular formula is C16H15FN2O2. The molecule has 1 unspecified atom stereocenters. The first-order valence-corrected chi connectivity index (χ1v) is 6.75. The number of anilines is 1. The number of benzene rings is 2. The van der Waals surface area contributed by atoms with Gasteiger partial charge in [0, 0.05) is 0 Å². The summed E-state index contributed by atoms with van der Waals surface area (Å²) >= 11 is 0. The van der Waals surface area contributed by atoms with Gasteiger partial charge in [-0.2, -0.15) is 0 Å². The van der Waals surface area contributed by atoms with Gasteiger partial charge in [-0.05, 0) is 30.2 Å². The Balaban J connectivity index is 1.60. The Morgan fingerprint density at radius 2 is 1.90 bits per heavy atom. The standard InChI is InChI=1S/C16H15FN2O2/c17-13-6-2-3-7-14(13)19-16(20)18-12-9-11-5-1-4-8-15(11)21-10-12/h1-8,12H,9-10H2,(H2,18,19,20). The van der Waals surface area contributed by atoms with Crippen molar-refractivity contribution < 1.29 is 13.9 Å². The minimum Gasteiger partial charge on any atom is -0.491 e. The molecule has 4 nitrogen and oxygen atoms in total. The van der Waals surface area contributed by atoms with Gasteiger partial charge in [-0.15, -0.1) is 0 Å². The summed E-state index contributed by atoms with van der Waals surface area (Å²) in [5.41, 5.74) is 1.21. The van der Waals surface area contributed by atoms with Crippen LogP contribution in [-0.4, -0.2) is 18.7 Å². The van der Waals surface area contributed by atoms with Gasteiger partial charge in [0.1, 0.15) is 18.2 Å². The highest BCUT2D eigenvalue weighted by Crippen LogP contribution is 2.23. The molecule has 21 heavy (non-hydrogen) atoms. The second kappa shape index (κ2) is 5.83. The maximum atomic E-state index is 13.5. The zero-order valence-electron chi connectivity index (χ0n) is 11.3. The molecule has 0 aromatic heterocycles. The first-order valence-electron chi connectivity index (χ1n) is 6.75. The fraction of sp³-hybridized carbons (Fsp3) is 0.188. The zero-order chi connectivity index (χ0) is 14.7. The molecule has 0 aliphatic carbocycles. The molecule has 1 heterocycles. The molecule has 1 atom stereocenters. The lowest BCUT2D eigenvalue weighted by molar-refractivity contribution is 0.222. The van der Waals surface area contributed by atoms with E-state index in [-0.39, 0.29) is 11.7 Å². The van der Waals surface area contributed by atoms with Gasteiger partial charge in [-0.1, -0.05) is 30.3 Å². The van der Waals surface area contributed by atoms with Crippen molar-refractivity contribution >= 4 is 11.7 Å². The molecule has 1 aliphatic rings. The lowest BCUT2D eigenvalue weighted by atomic mass is 10.0. The highest BCUT2D eigenvalue weighted by Gasteiger charge is 2.21. The lowest BCUT2D eigenvalue weighted by Crippen LogP contribution is -2.44. The molecule has 108 valence electrons. The third-order valence-corrected chi connectivity index (χ3v) is 3.34. The maximum absolute atomic E-state index is 13.5. The van der Waals surface area contributed by atoms with Crippen LogP contribution in [0, 0.1) is 5.82 Å².